The first-order valence-electron chi connectivity index (χ1n) is 9.68. The van der Waals surface area contributed by atoms with Crippen LogP contribution in [0.1, 0.15) is 41.0 Å². The summed E-state index contributed by atoms with van der Waals surface area (Å²) in [4.78, 5) is 15.6. The molecule has 3 aliphatic rings. The minimum absolute atomic E-state index is 0.110. The van der Waals surface area contributed by atoms with Gasteiger partial charge in [0.05, 0.1) is 16.9 Å². The van der Waals surface area contributed by atoms with Crippen LogP contribution < -0.4 is 10.4 Å². The highest BCUT2D eigenvalue weighted by molar-refractivity contribution is 6.62. The van der Waals surface area contributed by atoms with E-state index in [2.05, 4.69) is 4.90 Å². The van der Waals surface area contributed by atoms with Crippen molar-refractivity contribution in [3.05, 3.63) is 24.0 Å². The lowest BCUT2D eigenvalue weighted by atomic mass is 9.76. The summed E-state index contributed by atoms with van der Waals surface area (Å²) in [5, 5.41) is 0. The topological polar surface area (TPSA) is 42.0 Å². The zero-order valence-electron chi connectivity index (χ0n) is 16.8. The summed E-state index contributed by atoms with van der Waals surface area (Å²) in [6.45, 7) is 12.6. The van der Waals surface area contributed by atoms with E-state index in [-0.39, 0.29) is 17.1 Å². The Kier molecular flexibility index (Phi) is 4.13. The van der Waals surface area contributed by atoms with Crippen molar-refractivity contribution >= 4 is 24.2 Å². The van der Waals surface area contributed by atoms with Gasteiger partial charge in [-0.2, -0.15) is 0 Å². The number of likely N-dealkylation sites (tertiary alicyclic amines) is 1. The van der Waals surface area contributed by atoms with Gasteiger partial charge in [-0.15, -0.1) is 0 Å². The van der Waals surface area contributed by atoms with Gasteiger partial charge in [0.15, 0.2) is 0 Å². The molecule has 0 atom stereocenters. The van der Waals surface area contributed by atoms with Crippen LogP contribution in [-0.2, 0) is 14.1 Å². The monoisotopic (exact) mass is 374 g/mol. The summed E-state index contributed by atoms with van der Waals surface area (Å²) in [5.74, 6) is -0.147. The van der Waals surface area contributed by atoms with E-state index in [1.54, 1.807) is 13.0 Å². The van der Waals surface area contributed by atoms with Crippen LogP contribution in [0.5, 0.6) is 0 Å². The molecule has 0 radical (unpaired) electrons. The third-order valence-corrected chi connectivity index (χ3v) is 6.79. The highest BCUT2D eigenvalue weighted by Crippen LogP contribution is 2.43. The number of carbonyl (C=O) groups is 1. The van der Waals surface area contributed by atoms with Crippen molar-refractivity contribution in [1.29, 1.82) is 0 Å². The Morgan fingerprint density at radius 3 is 2.30 bits per heavy atom. The molecule has 1 amide bonds. The Morgan fingerprint density at radius 1 is 1.11 bits per heavy atom. The summed E-state index contributed by atoms with van der Waals surface area (Å²) in [6.07, 6.45) is 0.988. The van der Waals surface area contributed by atoms with Gasteiger partial charge in [0.25, 0.3) is 0 Å². The molecule has 0 saturated carbocycles. The fraction of sp³-hybridized carbons (Fsp3) is 0.650. The van der Waals surface area contributed by atoms with Crippen LogP contribution in [0.3, 0.4) is 0 Å². The van der Waals surface area contributed by atoms with Crippen LogP contribution in [0.2, 0.25) is 0 Å². The van der Waals surface area contributed by atoms with Crippen molar-refractivity contribution in [3.8, 4) is 0 Å². The molecule has 0 N–H and O–H groups in total. The number of hydrogen-bond donors (Lipinski definition) is 0. The normalized spacial score (nSPS) is 25.2. The summed E-state index contributed by atoms with van der Waals surface area (Å²) in [7, 11) is -0.704. The molecule has 3 aliphatic heterocycles. The third kappa shape index (κ3) is 2.95. The number of rotatable bonds is 2. The highest BCUT2D eigenvalue weighted by Gasteiger charge is 2.53. The number of benzene rings is 1. The maximum Gasteiger partial charge on any atom is 0.497 e. The van der Waals surface area contributed by atoms with Crippen molar-refractivity contribution in [2.45, 2.75) is 52.2 Å². The molecule has 4 rings (SSSR count). The van der Waals surface area contributed by atoms with E-state index in [0.717, 1.165) is 32.6 Å². The molecule has 1 spiro atoms. The zero-order chi connectivity index (χ0) is 19.6. The molecule has 3 saturated heterocycles. The Morgan fingerprint density at radius 2 is 1.74 bits per heavy atom. The van der Waals surface area contributed by atoms with E-state index in [0.29, 0.717) is 11.2 Å². The number of nitrogens with zero attached hydrogens (tertiary/aromatic N) is 2. The van der Waals surface area contributed by atoms with Crippen molar-refractivity contribution in [3.63, 3.8) is 0 Å². The van der Waals surface area contributed by atoms with Crippen LogP contribution >= 0.6 is 0 Å². The Bertz CT molecular complexity index is 760. The number of amides is 1. The number of anilines is 1. The van der Waals surface area contributed by atoms with Crippen LogP contribution in [0.4, 0.5) is 10.1 Å². The molecule has 5 nitrogen and oxygen atoms in total. The summed E-state index contributed by atoms with van der Waals surface area (Å²) in [6, 6.07) is 5.42. The molecule has 0 bridgehead atoms. The molecule has 3 heterocycles. The molecule has 1 aromatic carbocycles. The van der Waals surface area contributed by atoms with Crippen molar-refractivity contribution in [2.75, 3.05) is 31.1 Å². The molecule has 27 heavy (non-hydrogen) atoms. The van der Waals surface area contributed by atoms with E-state index in [4.69, 9.17) is 9.31 Å². The first-order valence-corrected chi connectivity index (χ1v) is 9.68. The predicted molar refractivity (Wildman–Crippen MR) is 104 cm³/mol. The van der Waals surface area contributed by atoms with Crippen LogP contribution in [0.25, 0.3) is 0 Å². The maximum atomic E-state index is 15.3. The fourth-order valence-corrected chi connectivity index (χ4v) is 4.33. The van der Waals surface area contributed by atoms with E-state index in [1.165, 1.54) is 0 Å². The molecule has 146 valence electrons. The molecule has 0 aromatic heterocycles. The smallest absolute Gasteiger partial charge is 0.399 e. The van der Waals surface area contributed by atoms with Gasteiger partial charge in [-0.05, 0) is 40.2 Å². The molecular weight excluding hydrogens is 346 g/mol. The first kappa shape index (κ1) is 18.8. The van der Waals surface area contributed by atoms with Gasteiger partial charge in [0, 0.05) is 44.0 Å². The standard InChI is InChI=1S/C20H28BFN2O3/c1-14(25)23-10-9-20(11-23)12-24(13-20)16-8-6-7-15(17(16)22)21-26-18(2,3)19(4,5)27-21/h6-8H,9-13H2,1-5H3. The van der Waals surface area contributed by atoms with E-state index in [1.807, 2.05) is 44.7 Å². The minimum atomic E-state index is -0.704. The lowest BCUT2D eigenvalue weighted by Crippen LogP contribution is -2.58. The first-order chi connectivity index (χ1) is 12.5. The van der Waals surface area contributed by atoms with Crippen molar-refractivity contribution < 1.29 is 18.5 Å². The Balaban J connectivity index is 1.51. The molecule has 0 unspecified atom stereocenters. The van der Waals surface area contributed by atoms with Gasteiger partial charge >= 0.3 is 7.12 Å². The average Bonchev–Trinajstić information content (AvgIpc) is 3.06. The molecule has 3 fully saturated rings. The third-order valence-electron chi connectivity index (χ3n) is 6.79. The van der Waals surface area contributed by atoms with Gasteiger partial charge < -0.3 is 19.1 Å². The number of hydrogen-bond acceptors (Lipinski definition) is 4. The van der Waals surface area contributed by atoms with E-state index in [9.17, 15) is 4.79 Å². The number of halogens is 1. The molecule has 1 aromatic rings. The van der Waals surface area contributed by atoms with Crippen LogP contribution in [0.15, 0.2) is 18.2 Å². The predicted octanol–water partition coefficient (Wildman–Crippen LogP) is 2.18. The quantitative estimate of drug-likeness (QED) is 0.745. The Hall–Kier alpha value is -1.60. The zero-order valence-corrected chi connectivity index (χ0v) is 16.8. The van der Waals surface area contributed by atoms with Crippen molar-refractivity contribution in [2.24, 2.45) is 5.41 Å². The number of carbonyl (C=O) groups excluding carboxylic acids is 1. The Labute approximate surface area is 160 Å². The SMILES string of the molecule is CC(=O)N1CCC2(C1)CN(c1cccc(B3OC(C)(C)C(C)(C)O3)c1F)C2. The van der Waals surface area contributed by atoms with Gasteiger partial charge in [-0.1, -0.05) is 12.1 Å². The maximum absolute atomic E-state index is 15.3. The molecule has 7 heteroatoms. The highest BCUT2D eigenvalue weighted by atomic mass is 19.1. The average molecular weight is 374 g/mol. The second kappa shape index (κ2) is 5.95. The second-order valence-electron chi connectivity index (χ2n) is 9.32. The van der Waals surface area contributed by atoms with Gasteiger partial charge in [-0.3, -0.25) is 4.79 Å². The molecule has 0 aliphatic carbocycles. The van der Waals surface area contributed by atoms with Crippen LogP contribution in [-0.4, -0.2) is 55.3 Å². The summed E-state index contributed by atoms with van der Waals surface area (Å²) in [5.41, 5.74) is 0.151. The molecular formula is C20H28BFN2O3. The van der Waals surface area contributed by atoms with Gasteiger partial charge in [0.1, 0.15) is 5.82 Å². The summed E-state index contributed by atoms with van der Waals surface area (Å²) < 4.78 is 27.4. The van der Waals surface area contributed by atoms with Crippen LogP contribution in [0, 0.1) is 11.2 Å². The fourth-order valence-electron chi connectivity index (χ4n) is 4.33. The van der Waals surface area contributed by atoms with E-state index >= 15 is 4.39 Å². The van der Waals surface area contributed by atoms with Crippen molar-refractivity contribution in [1.82, 2.24) is 4.90 Å². The lowest BCUT2D eigenvalue weighted by Gasteiger charge is -2.49. The van der Waals surface area contributed by atoms with Gasteiger partial charge in [0.2, 0.25) is 5.91 Å². The van der Waals surface area contributed by atoms with Gasteiger partial charge in [-0.25, -0.2) is 4.39 Å². The second-order valence-corrected chi connectivity index (χ2v) is 9.32. The minimum Gasteiger partial charge on any atom is -0.399 e. The lowest BCUT2D eigenvalue weighted by molar-refractivity contribution is -0.128. The largest absolute Gasteiger partial charge is 0.497 e. The van der Waals surface area contributed by atoms with E-state index < -0.39 is 18.3 Å². The summed E-state index contributed by atoms with van der Waals surface area (Å²) >= 11 is 0.